The molecule has 0 atom stereocenters. The van der Waals surface area contributed by atoms with E-state index < -0.39 is 0 Å². The maximum absolute atomic E-state index is 12.4. The van der Waals surface area contributed by atoms with Crippen molar-refractivity contribution in [2.45, 2.75) is 19.0 Å². The lowest BCUT2D eigenvalue weighted by molar-refractivity contribution is -0.113. The van der Waals surface area contributed by atoms with Gasteiger partial charge in [0.2, 0.25) is 5.91 Å². The Kier molecular flexibility index (Phi) is 6.58. The molecule has 0 aliphatic carbocycles. The van der Waals surface area contributed by atoms with Crippen LogP contribution in [0.1, 0.15) is 24.2 Å². The van der Waals surface area contributed by atoms with Gasteiger partial charge in [-0.25, -0.2) is 0 Å². The lowest BCUT2D eigenvalue weighted by Crippen LogP contribution is -2.30. The molecule has 2 aromatic rings. The minimum Gasteiger partial charge on any atom is -0.341 e. The molecular weight excluding hydrogens is 338 g/mol. The third-order valence-electron chi connectivity index (χ3n) is 3.38. The summed E-state index contributed by atoms with van der Waals surface area (Å²) in [7, 11) is 3.61. The highest BCUT2D eigenvalue weighted by molar-refractivity contribution is 7.99. The molecule has 0 saturated heterocycles. The molecule has 0 aliphatic rings. The quantitative estimate of drug-likeness (QED) is 0.765. The van der Waals surface area contributed by atoms with E-state index in [0.29, 0.717) is 28.9 Å². The van der Waals surface area contributed by atoms with Crippen molar-refractivity contribution in [3.05, 3.63) is 36.2 Å². The Hall–Kier alpha value is -2.35. The van der Waals surface area contributed by atoms with E-state index in [9.17, 15) is 9.59 Å². The van der Waals surface area contributed by atoms with Gasteiger partial charge in [0.15, 0.2) is 5.16 Å². The number of anilines is 1. The number of nitrogens with one attached hydrogen (secondary N) is 1. The fraction of sp³-hybridized carbons (Fsp3) is 0.412. The monoisotopic (exact) mass is 361 g/mol. The first-order valence-electron chi connectivity index (χ1n) is 7.99. The highest BCUT2D eigenvalue weighted by Crippen LogP contribution is 2.16. The zero-order valence-electron chi connectivity index (χ0n) is 14.9. The summed E-state index contributed by atoms with van der Waals surface area (Å²) in [6, 6.07) is 6.99. The van der Waals surface area contributed by atoms with Crippen molar-refractivity contribution in [2.75, 3.05) is 24.7 Å². The van der Waals surface area contributed by atoms with Gasteiger partial charge in [-0.3, -0.25) is 9.59 Å². The third-order valence-corrected chi connectivity index (χ3v) is 4.42. The molecule has 0 bridgehead atoms. The largest absolute Gasteiger partial charge is 0.341 e. The summed E-state index contributed by atoms with van der Waals surface area (Å²) >= 11 is 1.31. The van der Waals surface area contributed by atoms with Gasteiger partial charge in [-0.15, -0.1) is 10.2 Å². The molecule has 1 N–H and O–H groups in total. The van der Waals surface area contributed by atoms with Gasteiger partial charge in [-0.1, -0.05) is 31.7 Å². The second-order valence-corrected chi connectivity index (χ2v) is 7.16. The topological polar surface area (TPSA) is 80.1 Å². The van der Waals surface area contributed by atoms with Crippen molar-refractivity contribution < 1.29 is 9.59 Å². The Morgan fingerprint density at radius 3 is 2.76 bits per heavy atom. The fourth-order valence-electron chi connectivity index (χ4n) is 2.31. The number of hydrogen-bond acceptors (Lipinski definition) is 5. The zero-order chi connectivity index (χ0) is 18.4. The van der Waals surface area contributed by atoms with Crippen LogP contribution in [0.25, 0.3) is 0 Å². The standard InChI is InChI=1S/C17H23N5O2S/c1-12(2)9-21(3)16(24)13-6-5-7-14(8-13)19-15(23)10-25-17-20-18-11-22(17)4/h5-8,11-12H,9-10H2,1-4H3,(H,19,23). The molecule has 2 rings (SSSR count). The average Bonchev–Trinajstić information content (AvgIpc) is 2.97. The Bertz CT molecular complexity index is 744. The minimum atomic E-state index is -0.159. The predicted octanol–water partition coefficient (Wildman–Crippen LogP) is 2.27. The number of thioether (sulfide) groups is 1. The molecule has 1 aromatic heterocycles. The predicted molar refractivity (Wildman–Crippen MR) is 98.6 cm³/mol. The molecule has 0 saturated carbocycles. The normalized spacial score (nSPS) is 10.8. The van der Waals surface area contributed by atoms with E-state index in [0.717, 1.165) is 0 Å². The molecule has 0 fully saturated rings. The van der Waals surface area contributed by atoms with Crippen LogP contribution in [0, 0.1) is 5.92 Å². The highest BCUT2D eigenvalue weighted by atomic mass is 32.2. The van der Waals surface area contributed by atoms with Gasteiger partial charge in [-0.05, 0) is 24.1 Å². The van der Waals surface area contributed by atoms with E-state index in [2.05, 4.69) is 29.4 Å². The minimum absolute atomic E-state index is 0.0572. The molecule has 1 aromatic carbocycles. The molecule has 8 heteroatoms. The summed E-state index contributed by atoms with van der Waals surface area (Å²) in [6.45, 7) is 4.81. The van der Waals surface area contributed by atoms with Crippen LogP contribution in [0.15, 0.2) is 35.7 Å². The van der Waals surface area contributed by atoms with Crippen molar-refractivity contribution in [3.63, 3.8) is 0 Å². The van der Waals surface area contributed by atoms with E-state index in [4.69, 9.17) is 0 Å². The second-order valence-electron chi connectivity index (χ2n) is 6.22. The number of benzene rings is 1. The summed E-state index contributed by atoms with van der Waals surface area (Å²) in [5.74, 6) is 0.402. The Balaban J connectivity index is 1.95. The lowest BCUT2D eigenvalue weighted by Gasteiger charge is -2.19. The summed E-state index contributed by atoms with van der Waals surface area (Å²) in [5.41, 5.74) is 1.16. The van der Waals surface area contributed by atoms with Crippen LogP contribution in [-0.2, 0) is 11.8 Å². The van der Waals surface area contributed by atoms with Crippen molar-refractivity contribution in [3.8, 4) is 0 Å². The van der Waals surface area contributed by atoms with Gasteiger partial charge in [-0.2, -0.15) is 0 Å². The van der Waals surface area contributed by atoms with Gasteiger partial charge in [0.25, 0.3) is 5.91 Å². The lowest BCUT2D eigenvalue weighted by atomic mass is 10.1. The van der Waals surface area contributed by atoms with Crippen LogP contribution in [0.5, 0.6) is 0 Å². The van der Waals surface area contributed by atoms with Crippen LogP contribution < -0.4 is 5.32 Å². The zero-order valence-corrected chi connectivity index (χ0v) is 15.7. The SMILES string of the molecule is CC(C)CN(C)C(=O)c1cccc(NC(=O)CSc2nncn2C)c1. The number of carbonyl (C=O) groups is 2. The molecule has 0 radical (unpaired) electrons. The summed E-state index contributed by atoms with van der Waals surface area (Å²) in [4.78, 5) is 26.2. The van der Waals surface area contributed by atoms with Crippen LogP contribution in [0.2, 0.25) is 0 Å². The van der Waals surface area contributed by atoms with Gasteiger partial charge in [0, 0.05) is 31.9 Å². The first-order valence-corrected chi connectivity index (χ1v) is 8.97. The molecule has 134 valence electrons. The van der Waals surface area contributed by atoms with E-state index in [1.54, 1.807) is 47.1 Å². The van der Waals surface area contributed by atoms with Gasteiger partial charge in [0.05, 0.1) is 5.75 Å². The number of aromatic nitrogens is 3. The van der Waals surface area contributed by atoms with E-state index >= 15 is 0 Å². The second kappa shape index (κ2) is 8.66. The summed E-state index contributed by atoms with van der Waals surface area (Å²) in [6.07, 6.45) is 1.59. The molecule has 2 amide bonds. The van der Waals surface area contributed by atoms with Gasteiger partial charge in [0.1, 0.15) is 6.33 Å². The smallest absolute Gasteiger partial charge is 0.253 e. The fourth-order valence-corrected chi connectivity index (χ4v) is 3.00. The third kappa shape index (κ3) is 5.60. The Morgan fingerprint density at radius 2 is 2.12 bits per heavy atom. The van der Waals surface area contributed by atoms with E-state index in [-0.39, 0.29) is 17.6 Å². The molecule has 0 unspecified atom stereocenters. The van der Waals surface area contributed by atoms with Crippen molar-refractivity contribution in [2.24, 2.45) is 13.0 Å². The maximum Gasteiger partial charge on any atom is 0.253 e. The van der Waals surface area contributed by atoms with Crippen LogP contribution in [0.3, 0.4) is 0 Å². The summed E-state index contributed by atoms with van der Waals surface area (Å²) in [5, 5.41) is 11.2. The molecule has 0 aliphatic heterocycles. The van der Waals surface area contributed by atoms with Crippen molar-refractivity contribution in [1.29, 1.82) is 0 Å². The molecule has 25 heavy (non-hydrogen) atoms. The number of hydrogen-bond donors (Lipinski definition) is 1. The number of rotatable bonds is 7. The van der Waals surface area contributed by atoms with Crippen LogP contribution in [-0.4, -0.2) is 50.8 Å². The van der Waals surface area contributed by atoms with Crippen LogP contribution >= 0.6 is 11.8 Å². The molecular formula is C17H23N5O2S. The van der Waals surface area contributed by atoms with E-state index in [1.165, 1.54) is 11.8 Å². The highest BCUT2D eigenvalue weighted by Gasteiger charge is 2.14. The van der Waals surface area contributed by atoms with Crippen molar-refractivity contribution in [1.82, 2.24) is 19.7 Å². The van der Waals surface area contributed by atoms with Gasteiger partial charge < -0.3 is 14.8 Å². The first-order chi connectivity index (χ1) is 11.9. The van der Waals surface area contributed by atoms with Gasteiger partial charge >= 0.3 is 0 Å². The summed E-state index contributed by atoms with van der Waals surface area (Å²) < 4.78 is 1.75. The average molecular weight is 361 g/mol. The van der Waals surface area contributed by atoms with Crippen LogP contribution in [0.4, 0.5) is 5.69 Å². The maximum atomic E-state index is 12.4. The van der Waals surface area contributed by atoms with Crippen molar-refractivity contribution >= 4 is 29.3 Å². The number of nitrogens with zero attached hydrogens (tertiary/aromatic N) is 4. The number of aryl methyl sites for hydroxylation is 1. The molecule has 1 heterocycles. The Morgan fingerprint density at radius 1 is 1.36 bits per heavy atom. The van der Waals surface area contributed by atoms with E-state index in [1.807, 2.05) is 7.05 Å². The Labute approximate surface area is 151 Å². The number of carbonyl (C=O) groups excluding carboxylic acids is 2. The first kappa shape index (κ1) is 19.0. The number of amides is 2. The molecule has 7 nitrogen and oxygen atoms in total. The molecule has 0 spiro atoms.